The van der Waals surface area contributed by atoms with Crippen molar-refractivity contribution in [2.24, 2.45) is 0 Å². The smallest absolute Gasteiger partial charge is 0.0708 e. The van der Waals surface area contributed by atoms with Crippen molar-refractivity contribution in [3.05, 3.63) is 304 Å². The summed E-state index contributed by atoms with van der Waals surface area (Å²) in [4.78, 5) is 19.2. The lowest BCUT2D eigenvalue weighted by Gasteiger charge is -2.12. The number of nitrogens with zero attached hydrogens (tertiary/aromatic N) is 6. The number of benzene rings is 10. The fourth-order valence-electron chi connectivity index (χ4n) is 13.2. The van der Waals surface area contributed by atoms with Gasteiger partial charge in [0.2, 0.25) is 0 Å². The summed E-state index contributed by atoms with van der Waals surface area (Å²) in [6, 6.07) is 101. The molecule has 0 amide bonds. The largest absolute Gasteiger partial charge is 0.309 e. The van der Waals surface area contributed by atoms with Crippen molar-refractivity contribution >= 4 is 75.1 Å². The van der Waals surface area contributed by atoms with Gasteiger partial charge in [-0.1, -0.05) is 146 Å². The van der Waals surface area contributed by atoms with E-state index in [-0.39, 0.29) is 0 Å². The molecule has 6 nitrogen and oxygen atoms in total. The molecule has 7 heterocycles. The third kappa shape index (κ3) is 8.54. The molecule has 0 aliphatic rings. The van der Waals surface area contributed by atoms with E-state index in [1.807, 2.05) is 60.4 Å². The maximum absolute atomic E-state index is 4.79. The molecule has 406 valence electrons. The van der Waals surface area contributed by atoms with Gasteiger partial charge in [0, 0.05) is 100 Å². The predicted molar refractivity (Wildman–Crippen MR) is 363 cm³/mol. The molecule has 0 saturated carbocycles. The summed E-state index contributed by atoms with van der Waals surface area (Å²) >= 11 is 1.85. The molecule has 7 heteroatoms. The molecule has 0 saturated heterocycles. The summed E-state index contributed by atoms with van der Waals surface area (Å²) in [6.07, 6.45) is 7.48. The van der Waals surface area contributed by atoms with Gasteiger partial charge in [-0.15, -0.1) is 11.3 Å². The van der Waals surface area contributed by atoms with Crippen LogP contribution in [0.4, 0.5) is 0 Å². The first-order chi connectivity index (χ1) is 43.1. The van der Waals surface area contributed by atoms with Crippen LogP contribution in [0, 0.1) is 0 Å². The van der Waals surface area contributed by atoms with Gasteiger partial charge >= 0.3 is 0 Å². The number of aromatic nitrogens is 6. The number of thiophene rings is 1. The van der Waals surface area contributed by atoms with E-state index < -0.39 is 0 Å². The van der Waals surface area contributed by atoms with E-state index >= 15 is 0 Å². The number of fused-ring (bicyclic) bond motifs is 9. The fraction of sp³-hybridized carbons (Fsp3) is 0. The molecule has 0 fully saturated rings. The second-order valence-corrected chi connectivity index (χ2v) is 23.2. The second-order valence-electron chi connectivity index (χ2n) is 22.1. The van der Waals surface area contributed by atoms with Gasteiger partial charge in [0.05, 0.1) is 44.8 Å². The molecular formula is C80H50N6S. The Morgan fingerprint density at radius 3 is 0.747 bits per heavy atom. The molecule has 0 spiro atoms. The molecule has 17 aromatic rings. The molecule has 0 radical (unpaired) electrons. The van der Waals surface area contributed by atoms with Crippen LogP contribution in [0.2, 0.25) is 0 Å². The van der Waals surface area contributed by atoms with E-state index in [0.29, 0.717) is 0 Å². The Hall–Kier alpha value is -11.4. The lowest BCUT2D eigenvalue weighted by molar-refractivity contribution is 1.18. The maximum atomic E-state index is 4.79. The lowest BCUT2D eigenvalue weighted by atomic mass is 9.94. The van der Waals surface area contributed by atoms with Gasteiger partial charge in [-0.3, -0.25) is 19.9 Å². The highest BCUT2D eigenvalue weighted by Gasteiger charge is 2.22. The predicted octanol–water partition coefficient (Wildman–Crippen LogP) is 21.2. The highest BCUT2D eigenvalue weighted by atomic mass is 32.1. The topological polar surface area (TPSA) is 61.4 Å². The number of hydrogen-bond donors (Lipinski definition) is 0. The van der Waals surface area contributed by atoms with Crippen molar-refractivity contribution < 1.29 is 0 Å². The lowest BCUT2D eigenvalue weighted by Crippen LogP contribution is -1.95. The van der Waals surface area contributed by atoms with Crippen LogP contribution in [0.3, 0.4) is 0 Å². The molecule has 7 aromatic heterocycles. The second kappa shape index (κ2) is 20.7. The van der Waals surface area contributed by atoms with Crippen molar-refractivity contribution in [1.29, 1.82) is 0 Å². The Kier molecular flexibility index (Phi) is 12.0. The zero-order valence-corrected chi connectivity index (χ0v) is 47.8. The standard InChI is InChI=1S/C80H50N6S/c1-5-21-61(71-25-9-13-41-81-71)57(17-1)51-29-35-75-65(45-51)66-46-52(58-18-2-6-22-62(58)72-26-10-14-42-82-72)30-36-76(66)85(75)55-33-39-79-69(49-55)70-50-56(34-40-80(70)87-79)86-77-37-31-53(59-19-3-7-23-63(59)73-27-11-15-43-83-73)47-67(77)68-48-54(32-38-78(68)86)60-20-4-8-24-64(60)74-28-12-16-44-84-74/h1-50H. The highest BCUT2D eigenvalue weighted by molar-refractivity contribution is 7.25. The molecule has 0 unspecified atom stereocenters. The quantitative estimate of drug-likeness (QED) is 0.137. The van der Waals surface area contributed by atoms with Crippen LogP contribution in [0.1, 0.15) is 0 Å². The maximum Gasteiger partial charge on any atom is 0.0708 e. The zero-order chi connectivity index (χ0) is 57.4. The molecule has 0 aliphatic heterocycles. The summed E-state index contributed by atoms with van der Waals surface area (Å²) in [5, 5.41) is 7.12. The summed E-state index contributed by atoms with van der Waals surface area (Å²) in [7, 11) is 0. The van der Waals surface area contributed by atoms with E-state index in [1.54, 1.807) is 0 Å². The van der Waals surface area contributed by atoms with E-state index in [2.05, 4.69) is 264 Å². The molecule has 0 N–H and O–H groups in total. The molecule has 10 aromatic carbocycles. The van der Waals surface area contributed by atoms with Crippen molar-refractivity contribution in [3.8, 4) is 101 Å². The van der Waals surface area contributed by atoms with Crippen LogP contribution < -0.4 is 0 Å². The Labute approximate surface area is 505 Å². The number of pyridine rings is 4. The van der Waals surface area contributed by atoms with Crippen LogP contribution in [0.15, 0.2) is 304 Å². The van der Waals surface area contributed by atoms with Crippen molar-refractivity contribution in [1.82, 2.24) is 29.1 Å². The Morgan fingerprint density at radius 1 is 0.218 bits per heavy atom. The molecule has 0 aliphatic carbocycles. The van der Waals surface area contributed by atoms with E-state index in [4.69, 9.17) is 19.9 Å². The SMILES string of the molecule is c1ccc(-c2ccccc2-c2ccc3c(c2)c2cc(-c4ccccc4-c4ccccn4)ccc2n3-c2ccc3sc4ccc(-n5c6ccc(-c7ccccc7-c7ccccn7)cc6c6cc(-c7ccccc7-c7ccccn7)ccc65)cc4c3c2)nc1. The average Bonchev–Trinajstić information content (AvgIpc) is 1.72. The van der Waals surface area contributed by atoms with Gasteiger partial charge in [-0.25, -0.2) is 0 Å². The molecular weight excluding hydrogens is 1080 g/mol. The van der Waals surface area contributed by atoms with Crippen LogP contribution >= 0.6 is 11.3 Å². The molecule has 0 atom stereocenters. The molecule has 17 rings (SSSR count). The first-order valence-corrected chi connectivity index (χ1v) is 30.1. The monoisotopic (exact) mass is 1130 g/mol. The van der Waals surface area contributed by atoms with E-state index in [9.17, 15) is 0 Å². The van der Waals surface area contributed by atoms with Crippen LogP contribution in [-0.2, 0) is 0 Å². The third-order valence-electron chi connectivity index (χ3n) is 17.2. The summed E-state index contributed by atoms with van der Waals surface area (Å²) in [6.45, 7) is 0. The van der Waals surface area contributed by atoms with Crippen molar-refractivity contribution in [3.63, 3.8) is 0 Å². The van der Waals surface area contributed by atoms with Crippen LogP contribution in [0.5, 0.6) is 0 Å². The first kappa shape index (κ1) is 50.2. The first-order valence-electron chi connectivity index (χ1n) is 29.3. The minimum Gasteiger partial charge on any atom is -0.309 e. The van der Waals surface area contributed by atoms with Gasteiger partial charge in [0.25, 0.3) is 0 Å². The summed E-state index contributed by atoms with van der Waals surface area (Å²) in [5.41, 5.74) is 24.0. The highest BCUT2D eigenvalue weighted by Crippen LogP contribution is 2.45. The van der Waals surface area contributed by atoms with E-state index in [1.165, 1.54) is 41.7 Å². The Balaban J connectivity index is 0.848. The van der Waals surface area contributed by atoms with Crippen molar-refractivity contribution in [2.45, 2.75) is 0 Å². The van der Waals surface area contributed by atoms with Gasteiger partial charge in [-0.05, 0) is 178 Å². The van der Waals surface area contributed by atoms with Gasteiger partial charge < -0.3 is 9.13 Å². The van der Waals surface area contributed by atoms with Crippen LogP contribution in [-0.4, -0.2) is 29.1 Å². The zero-order valence-electron chi connectivity index (χ0n) is 47.0. The summed E-state index contributed by atoms with van der Waals surface area (Å²) < 4.78 is 7.40. The van der Waals surface area contributed by atoms with Crippen molar-refractivity contribution in [2.75, 3.05) is 0 Å². The average molecular weight is 1130 g/mol. The normalized spacial score (nSPS) is 11.7. The number of rotatable bonds is 10. The summed E-state index contributed by atoms with van der Waals surface area (Å²) in [5.74, 6) is 0. The minimum absolute atomic E-state index is 0.946. The molecule has 0 bridgehead atoms. The minimum atomic E-state index is 0.946. The van der Waals surface area contributed by atoms with Crippen LogP contribution in [0.25, 0.3) is 165 Å². The third-order valence-corrected chi connectivity index (χ3v) is 18.4. The fourth-order valence-corrected chi connectivity index (χ4v) is 14.3. The number of hydrogen-bond acceptors (Lipinski definition) is 5. The molecule has 87 heavy (non-hydrogen) atoms. The Morgan fingerprint density at radius 2 is 0.483 bits per heavy atom. The van der Waals surface area contributed by atoms with E-state index in [0.717, 1.165) is 123 Å². The van der Waals surface area contributed by atoms with Gasteiger partial charge in [0.1, 0.15) is 0 Å². The Bertz CT molecular complexity index is 4890. The van der Waals surface area contributed by atoms with Gasteiger partial charge in [0.15, 0.2) is 0 Å². The van der Waals surface area contributed by atoms with Gasteiger partial charge in [-0.2, -0.15) is 0 Å².